The van der Waals surface area contributed by atoms with Crippen molar-refractivity contribution in [3.05, 3.63) is 60.3 Å². The van der Waals surface area contributed by atoms with E-state index in [2.05, 4.69) is 4.98 Å². The Bertz CT molecular complexity index is 756. The first-order valence-electron chi connectivity index (χ1n) is 6.29. The lowest BCUT2D eigenvalue weighted by Gasteiger charge is -2.11. The van der Waals surface area contributed by atoms with Crippen LogP contribution in [0.5, 0.6) is 11.5 Å². The second-order valence-corrected chi connectivity index (χ2v) is 4.46. The first kappa shape index (κ1) is 12.4. The van der Waals surface area contributed by atoms with Gasteiger partial charge >= 0.3 is 0 Å². The molecule has 0 fully saturated rings. The summed E-state index contributed by atoms with van der Waals surface area (Å²) < 4.78 is 5.80. The maximum atomic E-state index is 9.14. The number of benzene rings is 2. The molecule has 0 aliphatic rings. The zero-order valence-electron chi connectivity index (χ0n) is 10.8. The Hall–Kier alpha value is -2.59. The van der Waals surface area contributed by atoms with Gasteiger partial charge in [0.1, 0.15) is 5.75 Å². The van der Waals surface area contributed by atoms with Gasteiger partial charge in [0.2, 0.25) is 0 Å². The Morgan fingerprint density at radius 1 is 1.10 bits per heavy atom. The highest BCUT2D eigenvalue weighted by atomic mass is 16.5. The average molecular weight is 266 g/mol. The number of fused-ring (bicyclic) bond motifs is 1. The molecule has 20 heavy (non-hydrogen) atoms. The molecule has 0 unspecified atom stereocenters. The number of nitrogens with zero attached hydrogens (tertiary/aromatic N) is 1. The van der Waals surface area contributed by atoms with E-state index < -0.39 is 0 Å². The van der Waals surface area contributed by atoms with E-state index in [0.29, 0.717) is 17.2 Å². The van der Waals surface area contributed by atoms with Crippen LogP contribution in [0.25, 0.3) is 10.9 Å². The van der Waals surface area contributed by atoms with E-state index in [9.17, 15) is 0 Å². The topological polar surface area (TPSA) is 68.4 Å². The molecule has 0 saturated heterocycles. The van der Waals surface area contributed by atoms with Gasteiger partial charge in [0.25, 0.3) is 0 Å². The van der Waals surface area contributed by atoms with Crippen LogP contribution in [0.15, 0.2) is 54.7 Å². The number of nitrogens with two attached hydrogens (primary N) is 1. The highest BCUT2D eigenvalue weighted by Crippen LogP contribution is 2.33. The van der Waals surface area contributed by atoms with Crippen LogP contribution in [0.2, 0.25) is 0 Å². The monoisotopic (exact) mass is 266 g/mol. The van der Waals surface area contributed by atoms with E-state index in [-0.39, 0.29) is 6.61 Å². The summed E-state index contributed by atoms with van der Waals surface area (Å²) in [7, 11) is 0. The number of hydrogen-bond acceptors (Lipinski definition) is 4. The van der Waals surface area contributed by atoms with Crippen molar-refractivity contribution in [3.63, 3.8) is 0 Å². The molecule has 0 aliphatic heterocycles. The molecule has 0 saturated carbocycles. The maximum absolute atomic E-state index is 9.14. The number of pyridine rings is 1. The van der Waals surface area contributed by atoms with Gasteiger partial charge in [0.15, 0.2) is 5.75 Å². The SMILES string of the molecule is Nc1c(Oc2cccc(CO)c2)ccc2ncccc12. The molecular formula is C16H14N2O2. The van der Waals surface area contributed by atoms with Crippen LogP contribution in [-0.4, -0.2) is 10.1 Å². The molecule has 0 aliphatic carbocycles. The molecule has 4 heteroatoms. The number of aliphatic hydroxyl groups excluding tert-OH is 1. The lowest BCUT2D eigenvalue weighted by molar-refractivity contribution is 0.281. The zero-order valence-corrected chi connectivity index (χ0v) is 10.8. The molecule has 3 aromatic rings. The normalized spacial score (nSPS) is 10.7. The summed E-state index contributed by atoms with van der Waals surface area (Å²) in [5.74, 6) is 1.23. The quantitative estimate of drug-likeness (QED) is 0.715. The number of hydrogen-bond donors (Lipinski definition) is 2. The summed E-state index contributed by atoms with van der Waals surface area (Å²) in [4.78, 5) is 4.25. The summed E-state index contributed by atoms with van der Waals surface area (Å²) in [6.07, 6.45) is 1.73. The van der Waals surface area contributed by atoms with E-state index in [1.807, 2.05) is 36.4 Å². The molecule has 2 aromatic carbocycles. The molecule has 0 radical (unpaired) electrons. The van der Waals surface area contributed by atoms with Crippen molar-refractivity contribution in [1.82, 2.24) is 4.98 Å². The summed E-state index contributed by atoms with van der Waals surface area (Å²) >= 11 is 0. The van der Waals surface area contributed by atoms with E-state index in [0.717, 1.165) is 16.5 Å². The fourth-order valence-electron chi connectivity index (χ4n) is 2.08. The van der Waals surface area contributed by atoms with Crippen molar-refractivity contribution in [2.24, 2.45) is 0 Å². The van der Waals surface area contributed by atoms with Crippen molar-refractivity contribution in [2.45, 2.75) is 6.61 Å². The van der Waals surface area contributed by atoms with Gasteiger partial charge in [-0.3, -0.25) is 4.98 Å². The number of ether oxygens (including phenoxy) is 1. The van der Waals surface area contributed by atoms with Crippen LogP contribution in [0, 0.1) is 0 Å². The van der Waals surface area contributed by atoms with Crippen LogP contribution in [0.1, 0.15) is 5.56 Å². The molecule has 0 atom stereocenters. The predicted octanol–water partition coefficient (Wildman–Crippen LogP) is 3.10. The largest absolute Gasteiger partial charge is 0.455 e. The van der Waals surface area contributed by atoms with Crippen LogP contribution < -0.4 is 10.5 Å². The summed E-state index contributed by atoms with van der Waals surface area (Å²) in [6.45, 7) is -0.0195. The van der Waals surface area contributed by atoms with Crippen LogP contribution >= 0.6 is 0 Å². The lowest BCUT2D eigenvalue weighted by Crippen LogP contribution is -1.94. The number of anilines is 1. The predicted molar refractivity (Wildman–Crippen MR) is 78.6 cm³/mol. The zero-order chi connectivity index (χ0) is 13.9. The third-order valence-electron chi connectivity index (χ3n) is 3.10. The second-order valence-electron chi connectivity index (χ2n) is 4.46. The van der Waals surface area contributed by atoms with E-state index >= 15 is 0 Å². The Labute approximate surface area is 116 Å². The van der Waals surface area contributed by atoms with Gasteiger partial charge in [-0.25, -0.2) is 0 Å². The standard InChI is InChI=1S/C16H14N2O2/c17-16-13-5-2-8-18-14(13)6-7-15(16)20-12-4-1-3-11(9-12)10-19/h1-9,19H,10,17H2. The highest BCUT2D eigenvalue weighted by molar-refractivity contribution is 5.93. The Morgan fingerprint density at radius 3 is 2.85 bits per heavy atom. The van der Waals surface area contributed by atoms with Crippen molar-refractivity contribution in [2.75, 3.05) is 5.73 Å². The molecule has 3 rings (SSSR count). The van der Waals surface area contributed by atoms with Crippen LogP contribution in [-0.2, 0) is 6.61 Å². The van der Waals surface area contributed by atoms with E-state index in [1.54, 1.807) is 18.3 Å². The minimum absolute atomic E-state index is 0.0195. The van der Waals surface area contributed by atoms with Gasteiger partial charge in [0.05, 0.1) is 17.8 Å². The van der Waals surface area contributed by atoms with Gasteiger partial charge in [-0.2, -0.15) is 0 Å². The number of nitrogen functional groups attached to an aromatic ring is 1. The van der Waals surface area contributed by atoms with Crippen molar-refractivity contribution in [1.29, 1.82) is 0 Å². The molecule has 1 aromatic heterocycles. The molecule has 3 N–H and O–H groups in total. The Morgan fingerprint density at radius 2 is 2.00 bits per heavy atom. The smallest absolute Gasteiger partial charge is 0.151 e. The van der Waals surface area contributed by atoms with Gasteiger partial charge in [-0.15, -0.1) is 0 Å². The minimum Gasteiger partial charge on any atom is -0.455 e. The average Bonchev–Trinajstić information content (AvgIpc) is 2.50. The number of aliphatic hydroxyl groups is 1. The third kappa shape index (κ3) is 2.29. The van der Waals surface area contributed by atoms with E-state index in [4.69, 9.17) is 15.6 Å². The maximum Gasteiger partial charge on any atom is 0.151 e. The van der Waals surface area contributed by atoms with Gasteiger partial charge < -0.3 is 15.6 Å². The Kier molecular flexibility index (Phi) is 3.23. The molecule has 0 bridgehead atoms. The molecule has 0 spiro atoms. The summed E-state index contributed by atoms with van der Waals surface area (Å²) in [5, 5.41) is 10.00. The second kappa shape index (κ2) is 5.19. The first-order valence-corrected chi connectivity index (χ1v) is 6.29. The van der Waals surface area contributed by atoms with Gasteiger partial charge in [-0.1, -0.05) is 12.1 Å². The molecule has 0 amide bonds. The fourth-order valence-corrected chi connectivity index (χ4v) is 2.08. The Balaban J connectivity index is 2.00. The summed E-state index contributed by atoms with van der Waals surface area (Å²) in [5.41, 5.74) is 8.31. The first-order chi connectivity index (χ1) is 9.78. The van der Waals surface area contributed by atoms with Crippen molar-refractivity contribution < 1.29 is 9.84 Å². The highest BCUT2D eigenvalue weighted by Gasteiger charge is 2.07. The fraction of sp³-hybridized carbons (Fsp3) is 0.0625. The number of aromatic nitrogens is 1. The van der Waals surface area contributed by atoms with Gasteiger partial charge in [-0.05, 0) is 42.0 Å². The van der Waals surface area contributed by atoms with E-state index in [1.165, 1.54) is 0 Å². The van der Waals surface area contributed by atoms with Gasteiger partial charge in [0, 0.05) is 11.6 Å². The van der Waals surface area contributed by atoms with Crippen molar-refractivity contribution >= 4 is 16.6 Å². The minimum atomic E-state index is -0.0195. The van der Waals surface area contributed by atoms with Crippen LogP contribution in [0.4, 0.5) is 5.69 Å². The summed E-state index contributed by atoms with van der Waals surface area (Å²) in [6, 6.07) is 14.7. The number of rotatable bonds is 3. The molecule has 100 valence electrons. The van der Waals surface area contributed by atoms with Crippen molar-refractivity contribution in [3.8, 4) is 11.5 Å². The molecule has 1 heterocycles. The molecule has 4 nitrogen and oxygen atoms in total. The third-order valence-corrected chi connectivity index (χ3v) is 3.10. The molecular weight excluding hydrogens is 252 g/mol. The lowest BCUT2D eigenvalue weighted by atomic mass is 10.1. The van der Waals surface area contributed by atoms with Crippen LogP contribution in [0.3, 0.4) is 0 Å².